The van der Waals surface area contributed by atoms with Gasteiger partial charge in [0.05, 0.1) is 18.4 Å². The molecule has 3 nitrogen and oxygen atoms in total. The number of carbonyl (C=O) groups is 1. The van der Waals surface area contributed by atoms with Crippen molar-refractivity contribution in [1.29, 1.82) is 0 Å². The zero-order valence-corrected chi connectivity index (χ0v) is 11.8. The number of ketones is 1. The molecular weight excluding hydrogens is 266 g/mol. The number of rotatable bonds is 5. The highest BCUT2D eigenvalue weighted by Crippen LogP contribution is 2.25. The van der Waals surface area contributed by atoms with Crippen molar-refractivity contribution in [3.8, 4) is 5.75 Å². The van der Waals surface area contributed by atoms with Gasteiger partial charge in [-0.15, -0.1) is 11.3 Å². The number of thiazole rings is 1. The molecule has 0 radical (unpaired) electrons. The van der Waals surface area contributed by atoms with Gasteiger partial charge in [0.1, 0.15) is 5.75 Å². The van der Waals surface area contributed by atoms with Crippen molar-refractivity contribution >= 4 is 28.9 Å². The molecule has 0 saturated carbocycles. The molecule has 0 aliphatic carbocycles. The maximum atomic E-state index is 12.1. The van der Waals surface area contributed by atoms with E-state index in [1.165, 1.54) is 11.8 Å². The number of aromatic nitrogens is 1. The highest BCUT2D eigenvalue weighted by Gasteiger charge is 2.12. The normalized spacial score (nSPS) is 10.3. The third kappa shape index (κ3) is 3.11. The first-order valence-electron chi connectivity index (χ1n) is 5.42. The molecule has 1 aromatic carbocycles. The molecule has 0 atom stereocenters. The Morgan fingerprint density at radius 3 is 2.89 bits per heavy atom. The number of thioether (sulfide) groups is 1. The molecule has 0 bridgehead atoms. The number of methoxy groups -OCH3 is 1. The van der Waals surface area contributed by atoms with Crippen LogP contribution in [0.3, 0.4) is 0 Å². The molecular formula is C13H13NO2S2. The minimum absolute atomic E-state index is 0.0605. The topological polar surface area (TPSA) is 39.2 Å². The minimum Gasteiger partial charge on any atom is -0.496 e. The van der Waals surface area contributed by atoms with Crippen LogP contribution in [0.1, 0.15) is 16.1 Å². The lowest BCUT2D eigenvalue weighted by Crippen LogP contribution is -2.04. The van der Waals surface area contributed by atoms with E-state index in [4.69, 9.17) is 4.74 Å². The number of hydrogen-bond acceptors (Lipinski definition) is 5. The Labute approximate surface area is 114 Å². The van der Waals surface area contributed by atoms with E-state index in [0.717, 1.165) is 10.0 Å². The standard InChI is InChI=1S/C13H13NO2S2/c1-9-7-17-13(14-9)18-8-11(15)10-5-3-4-6-12(10)16-2/h3-7H,8H2,1-2H3. The van der Waals surface area contributed by atoms with Crippen LogP contribution in [0.4, 0.5) is 0 Å². The Bertz CT molecular complexity index is 551. The number of carbonyl (C=O) groups excluding carboxylic acids is 1. The lowest BCUT2D eigenvalue weighted by molar-refractivity contribution is 0.101. The lowest BCUT2D eigenvalue weighted by Gasteiger charge is -2.06. The Kier molecular flexibility index (Phi) is 4.38. The number of benzene rings is 1. The van der Waals surface area contributed by atoms with Gasteiger partial charge in [-0.3, -0.25) is 4.79 Å². The molecule has 1 aromatic heterocycles. The summed E-state index contributed by atoms with van der Waals surface area (Å²) in [5.41, 5.74) is 1.62. The third-order valence-electron chi connectivity index (χ3n) is 2.33. The summed E-state index contributed by atoms with van der Waals surface area (Å²) in [7, 11) is 1.57. The first-order chi connectivity index (χ1) is 8.70. The van der Waals surface area contributed by atoms with Crippen LogP contribution in [-0.2, 0) is 0 Å². The first-order valence-corrected chi connectivity index (χ1v) is 7.28. The second-order valence-electron chi connectivity index (χ2n) is 3.67. The van der Waals surface area contributed by atoms with Gasteiger partial charge >= 0.3 is 0 Å². The van der Waals surface area contributed by atoms with Crippen molar-refractivity contribution in [2.24, 2.45) is 0 Å². The molecule has 0 saturated heterocycles. The SMILES string of the molecule is COc1ccccc1C(=O)CSc1nc(C)cs1. The molecule has 1 heterocycles. The molecule has 0 aliphatic heterocycles. The van der Waals surface area contributed by atoms with Crippen molar-refractivity contribution in [2.45, 2.75) is 11.3 Å². The molecule has 2 rings (SSSR count). The maximum absolute atomic E-state index is 12.1. The number of nitrogens with zero attached hydrogens (tertiary/aromatic N) is 1. The van der Waals surface area contributed by atoms with E-state index in [1.807, 2.05) is 24.4 Å². The second-order valence-corrected chi connectivity index (χ2v) is 5.75. The summed E-state index contributed by atoms with van der Waals surface area (Å²) in [6, 6.07) is 7.28. The van der Waals surface area contributed by atoms with Crippen LogP contribution in [-0.4, -0.2) is 23.6 Å². The van der Waals surface area contributed by atoms with E-state index in [0.29, 0.717) is 17.1 Å². The number of ether oxygens (including phenoxy) is 1. The van der Waals surface area contributed by atoms with Crippen LogP contribution in [0, 0.1) is 6.92 Å². The van der Waals surface area contributed by atoms with E-state index in [2.05, 4.69) is 4.98 Å². The fourth-order valence-corrected chi connectivity index (χ4v) is 3.21. The highest BCUT2D eigenvalue weighted by atomic mass is 32.2. The molecule has 2 aromatic rings. The zero-order chi connectivity index (χ0) is 13.0. The Hall–Kier alpha value is -1.33. The number of hydrogen-bond donors (Lipinski definition) is 0. The van der Waals surface area contributed by atoms with Crippen LogP contribution in [0.25, 0.3) is 0 Å². The number of para-hydroxylation sites is 1. The molecule has 0 fully saturated rings. The monoisotopic (exact) mass is 279 g/mol. The summed E-state index contributed by atoms with van der Waals surface area (Å²) in [5, 5.41) is 1.98. The zero-order valence-electron chi connectivity index (χ0n) is 10.2. The fourth-order valence-electron chi connectivity index (χ4n) is 1.48. The molecule has 0 aliphatic rings. The summed E-state index contributed by atoms with van der Waals surface area (Å²) >= 11 is 3.03. The highest BCUT2D eigenvalue weighted by molar-refractivity contribution is 8.01. The van der Waals surface area contributed by atoms with Gasteiger partial charge in [-0.05, 0) is 19.1 Å². The maximum Gasteiger partial charge on any atom is 0.176 e. The molecule has 0 spiro atoms. The predicted molar refractivity (Wildman–Crippen MR) is 74.9 cm³/mol. The van der Waals surface area contributed by atoms with Crippen LogP contribution in [0.5, 0.6) is 5.75 Å². The average molecular weight is 279 g/mol. The Morgan fingerprint density at radius 2 is 2.22 bits per heavy atom. The molecule has 0 N–H and O–H groups in total. The summed E-state index contributed by atoms with van der Waals surface area (Å²) < 4.78 is 6.11. The molecule has 0 amide bonds. The third-order valence-corrected chi connectivity index (χ3v) is 4.47. The molecule has 5 heteroatoms. The summed E-state index contributed by atoms with van der Waals surface area (Å²) in [6.07, 6.45) is 0. The van der Waals surface area contributed by atoms with E-state index in [-0.39, 0.29) is 5.78 Å². The molecule has 94 valence electrons. The van der Waals surface area contributed by atoms with Crippen molar-refractivity contribution in [3.63, 3.8) is 0 Å². The Balaban J connectivity index is 2.03. The molecule has 0 unspecified atom stereocenters. The largest absolute Gasteiger partial charge is 0.496 e. The first kappa shape index (κ1) is 13.1. The van der Waals surface area contributed by atoms with Crippen LogP contribution in [0.15, 0.2) is 34.0 Å². The summed E-state index contributed by atoms with van der Waals surface area (Å²) in [6.45, 7) is 1.95. The van der Waals surface area contributed by atoms with Gasteiger partial charge in [-0.1, -0.05) is 23.9 Å². The van der Waals surface area contributed by atoms with Gasteiger partial charge in [0.2, 0.25) is 0 Å². The van der Waals surface area contributed by atoms with E-state index >= 15 is 0 Å². The lowest BCUT2D eigenvalue weighted by atomic mass is 10.1. The summed E-state index contributed by atoms with van der Waals surface area (Å²) in [4.78, 5) is 16.4. The van der Waals surface area contributed by atoms with Crippen molar-refractivity contribution in [3.05, 3.63) is 40.9 Å². The van der Waals surface area contributed by atoms with Crippen molar-refractivity contribution in [1.82, 2.24) is 4.98 Å². The number of aryl methyl sites for hydroxylation is 1. The van der Waals surface area contributed by atoms with Crippen LogP contribution in [0.2, 0.25) is 0 Å². The van der Waals surface area contributed by atoms with Gasteiger partial charge in [-0.25, -0.2) is 4.98 Å². The quantitative estimate of drug-likeness (QED) is 0.621. The van der Waals surface area contributed by atoms with Crippen LogP contribution >= 0.6 is 23.1 Å². The van der Waals surface area contributed by atoms with Gasteiger partial charge in [0.15, 0.2) is 10.1 Å². The van der Waals surface area contributed by atoms with Crippen molar-refractivity contribution < 1.29 is 9.53 Å². The van der Waals surface area contributed by atoms with E-state index in [9.17, 15) is 4.79 Å². The van der Waals surface area contributed by atoms with Crippen LogP contribution < -0.4 is 4.74 Å². The van der Waals surface area contributed by atoms with Gasteiger partial charge in [0.25, 0.3) is 0 Å². The van der Waals surface area contributed by atoms with Gasteiger partial charge in [-0.2, -0.15) is 0 Å². The smallest absolute Gasteiger partial charge is 0.176 e. The second kappa shape index (κ2) is 6.02. The van der Waals surface area contributed by atoms with Gasteiger partial charge < -0.3 is 4.74 Å². The number of Topliss-reactive ketones (excluding diaryl/α,β-unsaturated/α-hetero) is 1. The summed E-state index contributed by atoms with van der Waals surface area (Å²) in [5.74, 6) is 1.07. The molecule has 18 heavy (non-hydrogen) atoms. The average Bonchev–Trinajstić information content (AvgIpc) is 2.81. The van der Waals surface area contributed by atoms with Crippen molar-refractivity contribution in [2.75, 3.05) is 12.9 Å². The predicted octanol–water partition coefficient (Wildman–Crippen LogP) is 3.44. The van der Waals surface area contributed by atoms with Gasteiger partial charge in [0, 0.05) is 11.1 Å². The fraction of sp³-hybridized carbons (Fsp3) is 0.231. The Morgan fingerprint density at radius 1 is 1.44 bits per heavy atom. The van der Waals surface area contributed by atoms with E-state index in [1.54, 1.807) is 30.6 Å². The minimum atomic E-state index is 0.0605. The van der Waals surface area contributed by atoms with E-state index < -0.39 is 0 Å².